The third-order valence-electron chi connectivity index (χ3n) is 6.49. The Balaban J connectivity index is 2.00. The van der Waals surface area contributed by atoms with Crippen molar-refractivity contribution >= 4 is 5.97 Å². The number of ether oxygens (including phenoxy) is 3. The van der Waals surface area contributed by atoms with Gasteiger partial charge in [0.25, 0.3) is 0 Å². The highest BCUT2D eigenvalue weighted by Crippen LogP contribution is 2.42. The first kappa shape index (κ1) is 29.0. The molecule has 1 heterocycles. The molecular formula is C30H35F2NO5. The topological polar surface area (TPSA) is 77.9 Å². The predicted molar refractivity (Wildman–Crippen MR) is 141 cm³/mol. The highest BCUT2D eigenvalue weighted by molar-refractivity contribution is 5.70. The Hall–Kier alpha value is -3.52. The number of nitrogens with zero attached hydrogens (tertiary/aromatic N) is 1. The van der Waals surface area contributed by atoms with Crippen LogP contribution >= 0.6 is 0 Å². The summed E-state index contributed by atoms with van der Waals surface area (Å²) in [5, 5.41) is 9.19. The van der Waals surface area contributed by atoms with Crippen LogP contribution in [0.25, 0.3) is 11.1 Å². The minimum atomic E-state index is -0.981. The molecule has 38 heavy (non-hydrogen) atoms. The lowest BCUT2D eigenvalue weighted by Gasteiger charge is -2.32. The molecule has 0 fully saturated rings. The number of carbonyl (C=O) groups is 1. The van der Waals surface area contributed by atoms with Crippen LogP contribution in [0.5, 0.6) is 11.6 Å². The molecular weight excluding hydrogens is 492 g/mol. The van der Waals surface area contributed by atoms with Gasteiger partial charge in [-0.15, -0.1) is 0 Å². The van der Waals surface area contributed by atoms with Crippen LogP contribution in [0.3, 0.4) is 0 Å². The molecule has 0 spiro atoms. The van der Waals surface area contributed by atoms with Crippen LogP contribution < -0.4 is 9.47 Å². The Morgan fingerprint density at radius 3 is 2.39 bits per heavy atom. The van der Waals surface area contributed by atoms with Crippen LogP contribution in [0, 0.1) is 17.0 Å². The number of methoxy groups -OCH3 is 2. The molecule has 8 heteroatoms. The normalized spacial score (nSPS) is 13.2. The van der Waals surface area contributed by atoms with E-state index in [0.717, 1.165) is 17.3 Å². The van der Waals surface area contributed by atoms with E-state index in [0.29, 0.717) is 23.1 Å². The largest absolute Gasteiger partial charge is 0.486 e. The van der Waals surface area contributed by atoms with Crippen molar-refractivity contribution in [1.82, 2.24) is 4.98 Å². The SMILES string of the molecule is CC[C@H](CC(=O)O)c1cccc(OCc2ccc(-c3cc(OC)ncc3F)c([C@H](OC)C(C)(C)C)c2)c1F. The molecule has 0 amide bonds. The summed E-state index contributed by atoms with van der Waals surface area (Å²) in [6, 6.07) is 11.8. The number of hydrogen-bond donors (Lipinski definition) is 1. The Bertz CT molecular complexity index is 1270. The van der Waals surface area contributed by atoms with Gasteiger partial charge in [-0.3, -0.25) is 4.79 Å². The van der Waals surface area contributed by atoms with E-state index >= 15 is 4.39 Å². The van der Waals surface area contributed by atoms with Gasteiger partial charge < -0.3 is 19.3 Å². The molecule has 3 aromatic rings. The average Bonchev–Trinajstić information content (AvgIpc) is 2.87. The fraction of sp³-hybridized carbons (Fsp3) is 0.400. The van der Waals surface area contributed by atoms with E-state index in [4.69, 9.17) is 14.2 Å². The zero-order valence-electron chi connectivity index (χ0n) is 22.7. The van der Waals surface area contributed by atoms with Crippen molar-refractivity contribution in [2.75, 3.05) is 14.2 Å². The van der Waals surface area contributed by atoms with Gasteiger partial charge in [0.05, 0.1) is 25.8 Å². The summed E-state index contributed by atoms with van der Waals surface area (Å²) in [6.45, 7) is 7.96. The Morgan fingerprint density at radius 1 is 1.05 bits per heavy atom. The second-order valence-corrected chi connectivity index (χ2v) is 10.3. The molecule has 204 valence electrons. The predicted octanol–water partition coefficient (Wildman–Crippen LogP) is 7.32. The lowest BCUT2D eigenvalue weighted by Crippen LogP contribution is -2.21. The third-order valence-corrected chi connectivity index (χ3v) is 6.49. The fourth-order valence-corrected chi connectivity index (χ4v) is 4.65. The number of hydrogen-bond acceptors (Lipinski definition) is 5. The molecule has 2 aromatic carbocycles. The fourth-order valence-electron chi connectivity index (χ4n) is 4.65. The van der Waals surface area contributed by atoms with Gasteiger partial charge in [0.2, 0.25) is 5.88 Å². The van der Waals surface area contributed by atoms with Crippen LogP contribution in [0.1, 0.15) is 69.2 Å². The van der Waals surface area contributed by atoms with Crippen molar-refractivity contribution in [3.63, 3.8) is 0 Å². The van der Waals surface area contributed by atoms with Crippen molar-refractivity contribution in [3.05, 3.63) is 77.0 Å². The Morgan fingerprint density at radius 2 is 1.79 bits per heavy atom. The van der Waals surface area contributed by atoms with E-state index in [1.54, 1.807) is 37.4 Å². The van der Waals surface area contributed by atoms with Crippen LogP contribution in [0.4, 0.5) is 8.78 Å². The molecule has 0 aliphatic carbocycles. The van der Waals surface area contributed by atoms with Crippen LogP contribution in [0.15, 0.2) is 48.7 Å². The number of pyridine rings is 1. The van der Waals surface area contributed by atoms with Crippen molar-refractivity contribution in [2.24, 2.45) is 5.41 Å². The minimum absolute atomic E-state index is 0.0426. The highest BCUT2D eigenvalue weighted by Gasteiger charge is 2.30. The average molecular weight is 528 g/mol. The number of benzene rings is 2. The Kier molecular flexibility index (Phi) is 9.44. The van der Waals surface area contributed by atoms with Crippen molar-refractivity contribution in [1.29, 1.82) is 0 Å². The van der Waals surface area contributed by atoms with Gasteiger partial charge in [-0.2, -0.15) is 0 Å². The molecule has 0 unspecified atom stereocenters. The first-order chi connectivity index (χ1) is 18.0. The van der Waals surface area contributed by atoms with Crippen LogP contribution in [-0.4, -0.2) is 30.3 Å². The first-order valence-corrected chi connectivity index (χ1v) is 12.5. The molecule has 0 aliphatic heterocycles. The van der Waals surface area contributed by atoms with Crippen molar-refractivity contribution in [2.45, 2.75) is 59.2 Å². The van der Waals surface area contributed by atoms with E-state index in [9.17, 15) is 14.3 Å². The zero-order valence-corrected chi connectivity index (χ0v) is 22.7. The van der Waals surface area contributed by atoms with E-state index in [1.165, 1.54) is 13.2 Å². The summed E-state index contributed by atoms with van der Waals surface area (Å²) < 4.78 is 47.1. The highest BCUT2D eigenvalue weighted by atomic mass is 19.1. The second-order valence-electron chi connectivity index (χ2n) is 10.3. The second kappa shape index (κ2) is 12.3. The maximum Gasteiger partial charge on any atom is 0.303 e. The van der Waals surface area contributed by atoms with E-state index in [2.05, 4.69) is 4.98 Å². The number of rotatable bonds is 11. The van der Waals surface area contributed by atoms with E-state index in [-0.39, 0.29) is 30.1 Å². The van der Waals surface area contributed by atoms with E-state index < -0.39 is 29.6 Å². The van der Waals surface area contributed by atoms with Gasteiger partial charge in [0, 0.05) is 18.7 Å². The molecule has 1 aromatic heterocycles. The van der Waals surface area contributed by atoms with Gasteiger partial charge in [-0.25, -0.2) is 13.8 Å². The summed E-state index contributed by atoms with van der Waals surface area (Å²) in [5.74, 6) is -2.17. The molecule has 0 radical (unpaired) electrons. The van der Waals surface area contributed by atoms with Gasteiger partial charge >= 0.3 is 5.97 Å². The van der Waals surface area contributed by atoms with Crippen LogP contribution in [-0.2, 0) is 16.1 Å². The first-order valence-electron chi connectivity index (χ1n) is 12.5. The summed E-state index contributed by atoms with van der Waals surface area (Å²) in [6.07, 6.45) is 1.05. The molecule has 2 atom stereocenters. The summed E-state index contributed by atoms with van der Waals surface area (Å²) in [5.41, 5.74) is 2.43. The lowest BCUT2D eigenvalue weighted by atomic mass is 9.81. The number of carboxylic acids is 1. The van der Waals surface area contributed by atoms with Gasteiger partial charge in [-0.05, 0) is 52.1 Å². The molecule has 0 saturated carbocycles. The standard InChI is InChI=1S/C30H35F2NO5/c1-7-19(14-27(34)35)20-9-8-10-25(28(20)32)38-17-18-11-12-21(22-15-26(36-5)33-16-24(22)31)23(13-18)29(37-6)30(2,3)4/h8-13,15-16,19,29H,7,14,17H2,1-6H3,(H,34,35)/t19-,29+/m1/s1. The number of aromatic nitrogens is 1. The Labute approximate surface area is 222 Å². The molecule has 1 N–H and O–H groups in total. The number of carboxylic acid groups (broad SMARTS) is 1. The lowest BCUT2D eigenvalue weighted by molar-refractivity contribution is -0.137. The third kappa shape index (κ3) is 6.67. The van der Waals surface area contributed by atoms with Gasteiger partial charge in [-0.1, -0.05) is 52.0 Å². The number of halogens is 2. The summed E-state index contributed by atoms with van der Waals surface area (Å²) >= 11 is 0. The van der Waals surface area contributed by atoms with Gasteiger partial charge in [0.15, 0.2) is 11.6 Å². The van der Waals surface area contributed by atoms with Gasteiger partial charge in [0.1, 0.15) is 12.4 Å². The molecule has 6 nitrogen and oxygen atoms in total. The summed E-state index contributed by atoms with van der Waals surface area (Å²) in [4.78, 5) is 15.2. The maximum atomic E-state index is 15.3. The van der Waals surface area contributed by atoms with Crippen molar-refractivity contribution in [3.8, 4) is 22.8 Å². The molecule has 0 bridgehead atoms. The monoisotopic (exact) mass is 527 g/mol. The quantitative estimate of drug-likeness (QED) is 0.282. The molecule has 3 rings (SSSR count). The molecule has 0 saturated heterocycles. The molecule has 0 aliphatic rings. The smallest absolute Gasteiger partial charge is 0.303 e. The summed E-state index contributed by atoms with van der Waals surface area (Å²) in [7, 11) is 3.07. The zero-order chi connectivity index (χ0) is 28.0. The van der Waals surface area contributed by atoms with E-state index in [1.807, 2.05) is 33.8 Å². The minimum Gasteiger partial charge on any atom is -0.486 e. The number of aliphatic carboxylic acids is 1. The maximum absolute atomic E-state index is 15.3. The van der Waals surface area contributed by atoms with Crippen LogP contribution in [0.2, 0.25) is 0 Å². The van der Waals surface area contributed by atoms with Crippen molar-refractivity contribution < 1.29 is 32.9 Å².